The molecule has 3 rings (SSSR count). The van der Waals surface area contributed by atoms with Crippen LogP contribution in [0.25, 0.3) is 0 Å². The third-order valence-corrected chi connectivity index (χ3v) is 4.47. The summed E-state index contributed by atoms with van der Waals surface area (Å²) in [5.41, 5.74) is -0.696. The van der Waals surface area contributed by atoms with Crippen molar-refractivity contribution in [2.45, 2.75) is 4.90 Å². The highest BCUT2D eigenvalue weighted by Gasteiger charge is 2.22. The van der Waals surface area contributed by atoms with Gasteiger partial charge in [0.1, 0.15) is 13.2 Å². The van der Waals surface area contributed by atoms with Crippen molar-refractivity contribution in [2.24, 2.45) is 0 Å². The molecule has 0 radical (unpaired) electrons. The van der Waals surface area contributed by atoms with Crippen molar-refractivity contribution in [1.82, 2.24) is 0 Å². The molecule has 0 aliphatic carbocycles. The zero-order chi connectivity index (χ0) is 16.6. The summed E-state index contributed by atoms with van der Waals surface area (Å²) in [6, 6.07) is 5.25. The van der Waals surface area contributed by atoms with Crippen molar-refractivity contribution in [3.8, 4) is 11.5 Å². The second kappa shape index (κ2) is 5.65. The number of hydrogen-bond donors (Lipinski definition) is 1. The van der Waals surface area contributed by atoms with Crippen LogP contribution in [0.4, 0.5) is 18.9 Å². The van der Waals surface area contributed by atoms with Crippen LogP contribution in [0.1, 0.15) is 0 Å². The maximum absolute atomic E-state index is 13.6. The van der Waals surface area contributed by atoms with E-state index in [4.69, 9.17) is 9.47 Å². The summed E-state index contributed by atoms with van der Waals surface area (Å²) in [7, 11) is -4.21. The van der Waals surface area contributed by atoms with Crippen molar-refractivity contribution in [3.05, 3.63) is 47.8 Å². The fourth-order valence-corrected chi connectivity index (χ4v) is 3.07. The Hall–Kier alpha value is -2.42. The number of ether oxygens (including phenoxy) is 2. The van der Waals surface area contributed by atoms with E-state index in [2.05, 4.69) is 0 Å². The molecule has 2 aromatic carbocycles. The van der Waals surface area contributed by atoms with Gasteiger partial charge in [0.25, 0.3) is 10.0 Å². The first-order chi connectivity index (χ1) is 10.9. The van der Waals surface area contributed by atoms with Crippen LogP contribution in [0.3, 0.4) is 0 Å². The van der Waals surface area contributed by atoms with Crippen LogP contribution in [-0.4, -0.2) is 21.6 Å². The molecule has 0 bridgehead atoms. The van der Waals surface area contributed by atoms with Gasteiger partial charge in [-0.05, 0) is 24.3 Å². The second-order valence-electron chi connectivity index (χ2n) is 4.63. The van der Waals surface area contributed by atoms with Crippen LogP contribution in [0.15, 0.2) is 35.2 Å². The Balaban J connectivity index is 1.95. The van der Waals surface area contributed by atoms with Crippen molar-refractivity contribution < 1.29 is 31.1 Å². The maximum Gasteiger partial charge on any atom is 0.262 e. The highest BCUT2D eigenvalue weighted by Crippen LogP contribution is 2.33. The van der Waals surface area contributed by atoms with Crippen LogP contribution < -0.4 is 14.2 Å². The molecule has 1 aliphatic rings. The van der Waals surface area contributed by atoms with Gasteiger partial charge in [-0.25, -0.2) is 21.6 Å². The van der Waals surface area contributed by atoms with Crippen LogP contribution in [0, 0.1) is 17.5 Å². The van der Waals surface area contributed by atoms with E-state index in [-0.39, 0.29) is 17.3 Å². The van der Waals surface area contributed by atoms with E-state index in [9.17, 15) is 21.6 Å². The molecular formula is C14H10F3NO4S. The molecule has 0 saturated heterocycles. The van der Waals surface area contributed by atoms with Crippen molar-refractivity contribution in [2.75, 3.05) is 17.9 Å². The predicted octanol–water partition coefficient (Wildman–Crippen LogP) is 2.68. The summed E-state index contributed by atoms with van der Waals surface area (Å²) in [6.07, 6.45) is 0. The van der Waals surface area contributed by atoms with Gasteiger partial charge < -0.3 is 9.47 Å². The molecule has 0 atom stereocenters. The van der Waals surface area contributed by atoms with Gasteiger partial charge >= 0.3 is 0 Å². The molecule has 0 saturated carbocycles. The third-order valence-electron chi connectivity index (χ3n) is 3.10. The van der Waals surface area contributed by atoms with E-state index in [0.717, 1.165) is 6.07 Å². The number of hydrogen-bond acceptors (Lipinski definition) is 4. The zero-order valence-corrected chi connectivity index (χ0v) is 12.3. The minimum Gasteiger partial charge on any atom is -0.486 e. The first-order valence-electron chi connectivity index (χ1n) is 6.44. The molecule has 9 heteroatoms. The predicted molar refractivity (Wildman–Crippen MR) is 74.6 cm³/mol. The summed E-state index contributed by atoms with van der Waals surface area (Å²) in [4.78, 5) is -0.231. The SMILES string of the molecule is O=S(=O)(Nc1ccc(F)c(F)c1F)c1ccc2c(c1)OCCO2. The normalized spacial score (nSPS) is 13.7. The first kappa shape index (κ1) is 15.5. The van der Waals surface area contributed by atoms with Crippen molar-refractivity contribution >= 4 is 15.7 Å². The van der Waals surface area contributed by atoms with Crippen LogP contribution in [-0.2, 0) is 10.0 Å². The Bertz CT molecular complexity index is 871. The van der Waals surface area contributed by atoms with Crippen LogP contribution in [0.2, 0.25) is 0 Å². The molecule has 0 unspecified atom stereocenters. The molecule has 23 heavy (non-hydrogen) atoms. The van der Waals surface area contributed by atoms with E-state index < -0.39 is 33.2 Å². The van der Waals surface area contributed by atoms with E-state index in [1.807, 2.05) is 4.72 Å². The Morgan fingerprint density at radius 1 is 0.913 bits per heavy atom. The summed E-state index contributed by atoms with van der Waals surface area (Å²) >= 11 is 0. The van der Waals surface area contributed by atoms with Crippen molar-refractivity contribution in [1.29, 1.82) is 0 Å². The molecule has 0 spiro atoms. The van der Waals surface area contributed by atoms with E-state index >= 15 is 0 Å². The Kier molecular flexibility index (Phi) is 3.80. The lowest BCUT2D eigenvalue weighted by Gasteiger charge is -2.19. The number of benzene rings is 2. The van der Waals surface area contributed by atoms with Crippen LogP contribution >= 0.6 is 0 Å². The number of rotatable bonds is 3. The molecule has 0 amide bonds. The van der Waals surface area contributed by atoms with Gasteiger partial charge in [-0.2, -0.15) is 0 Å². The summed E-state index contributed by atoms with van der Waals surface area (Å²) in [5, 5.41) is 0. The lowest BCUT2D eigenvalue weighted by molar-refractivity contribution is 0.171. The average molecular weight is 345 g/mol. The minimum atomic E-state index is -4.21. The van der Waals surface area contributed by atoms with Gasteiger partial charge in [-0.3, -0.25) is 4.72 Å². The smallest absolute Gasteiger partial charge is 0.262 e. The maximum atomic E-state index is 13.6. The number of halogens is 3. The van der Waals surface area contributed by atoms with Crippen LogP contribution in [0.5, 0.6) is 11.5 Å². The van der Waals surface area contributed by atoms with Gasteiger partial charge in [-0.1, -0.05) is 0 Å². The lowest BCUT2D eigenvalue weighted by atomic mass is 10.3. The number of nitrogens with one attached hydrogen (secondary N) is 1. The number of fused-ring (bicyclic) bond motifs is 1. The average Bonchev–Trinajstić information content (AvgIpc) is 2.55. The van der Waals surface area contributed by atoms with E-state index in [0.29, 0.717) is 18.4 Å². The Morgan fingerprint density at radius 2 is 1.61 bits per heavy atom. The fourth-order valence-electron chi connectivity index (χ4n) is 2.00. The summed E-state index contributed by atoms with van der Waals surface area (Å²) in [5.74, 6) is -4.18. The summed E-state index contributed by atoms with van der Waals surface area (Å²) < 4.78 is 76.5. The quantitative estimate of drug-likeness (QED) is 0.869. The molecule has 1 N–H and O–H groups in total. The fraction of sp³-hybridized carbons (Fsp3) is 0.143. The molecule has 0 aromatic heterocycles. The van der Waals surface area contributed by atoms with Gasteiger partial charge in [-0.15, -0.1) is 0 Å². The molecule has 0 fully saturated rings. The lowest BCUT2D eigenvalue weighted by Crippen LogP contribution is -2.18. The minimum absolute atomic E-state index is 0.227. The van der Waals surface area contributed by atoms with E-state index in [1.54, 1.807) is 0 Å². The Labute approximate surface area is 129 Å². The van der Waals surface area contributed by atoms with E-state index in [1.165, 1.54) is 18.2 Å². The third kappa shape index (κ3) is 2.91. The molecule has 1 aliphatic heterocycles. The molecular weight excluding hydrogens is 335 g/mol. The highest BCUT2D eigenvalue weighted by atomic mass is 32.2. The molecule has 1 heterocycles. The zero-order valence-electron chi connectivity index (χ0n) is 11.5. The van der Waals surface area contributed by atoms with Gasteiger partial charge in [0.2, 0.25) is 0 Å². The van der Waals surface area contributed by atoms with Crippen molar-refractivity contribution in [3.63, 3.8) is 0 Å². The molecule has 2 aromatic rings. The monoisotopic (exact) mass is 345 g/mol. The highest BCUT2D eigenvalue weighted by molar-refractivity contribution is 7.92. The first-order valence-corrected chi connectivity index (χ1v) is 7.93. The second-order valence-corrected chi connectivity index (χ2v) is 6.32. The van der Waals surface area contributed by atoms with Gasteiger partial charge in [0.15, 0.2) is 29.0 Å². The number of sulfonamides is 1. The summed E-state index contributed by atoms with van der Waals surface area (Å²) in [6.45, 7) is 0.610. The Morgan fingerprint density at radius 3 is 2.35 bits per heavy atom. The number of anilines is 1. The van der Waals surface area contributed by atoms with Gasteiger partial charge in [0.05, 0.1) is 10.6 Å². The topological polar surface area (TPSA) is 64.6 Å². The van der Waals surface area contributed by atoms with Gasteiger partial charge in [0, 0.05) is 6.07 Å². The molecule has 5 nitrogen and oxygen atoms in total. The molecule has 122 valence electrons. The largest absolute Gasteiger partial charge is 0.486 e. The standard InChI is InChI=1S/C14H10F3NO4S/c15-9-2-3-10(14(17)13(9)16)18-23(19,20)8-1-4-11-12(7-8)22-6-5-21-11/h1-4,7,18H,5-6H2.